The average Bonchev–Trinajstić information content (AvgIpc) is 4.04. The van der Waals surface area contributed by atoms with Crippen molar-refractivity contribution < 1.29 is 51.0 Å². The molecule has 3 saturated carbocycles. The van der Waals surface area contributed by atoms with Crippen molar-refractivity contribution in [3.63, 3.8) is 0 Å². The van der Waals surface area contributed by atoms with Crippen LogP contribution in [0.2, 0.25) is 0 Å². The van der Waals surface area contributed by atoms with Gasteiger partial charge in [-0.3, -0.25) is 28.8 Å². The number of alkyl carbamates (subject to hydrolysis) is 1. The summed E-state index contributed by atoms with van der Waals surface area (Å²) in [7, 11) is -3.97. The quantitative estimate of drug-likeness (QED) is 0.236. The first-order chi connectivity index (χ1) is 25.9. The summed E-state index contributed by atoms with van der Waals surface area (Å²) in [5.41, 5.74) is -0.442. The van der Waals surface area contributed by atoms with E-state index < -0.39 is 86.2 Å². The van der Waals surface area contributed by atoms with Gasteiger partial charge in [0.05, 0.1) is 18.3 Å². The minimum atomic E-state index is -3.97. The van der Waals surface area contributed by atoms with Crippen molar-refractivity contribution in [3.05, 3.63) is 59.4 Å². The number of benzene rings is 1. The molecule has 5 amide bonds. The van der Waals surface area contributed by atoms with Crippen LogP contribution in [0.25, 0.3) is 0 Å². The summed E-state index contributed by atoms with van der Waals surface area (Å²) in [6, 6.07) is 1.84. The third kappa shape index (κ3) is 9.54. The fraction of sp³-hybridized carbons (Fsp3) is 0.579. The lowest BCUT2D eigenvalue weighted by Gasteiger charge is -2.30. The van der Waals surface area contributed by atoms with Crippen molar-refractivity contribution in [1.29, 1.82) is 0 Å². The second-order valence-electron chi connectivity index (χ2n) is 16.0. The minimum absolute atomic E-state index is 0.0446. The Kier molecular flexibility index (Phi) is 11.2. The number of ketones is 1. The van der Waals surface area contributed by atoms with Gasteiger partial charge in [0.2, 0.25) is 21.8 Å². The molecule has 0 bridgehead atoms. The first kappa shape index (κ1) is 39.9. The summed E-state index contributed by atoms with van der Waals surface area (Å²) in [5.74, 6) is -3.75. The normalized spacial score (nSPS) is 24.6. The van der Waals surface area contributed by atoms with Gasteiger partial charge < -0.3 is 25.0 Å². The Balaban J connectivity index is 1.22. The van der Waals surface area contributed by atoms with Crippen LogP contribution in [0.5, 0.6) is 0 Å². The van der Waals surface area contributed by atoms with Crippen LogP contribution in [-0.4, -0.2) is 95.0 Å². The molecule has 0 spiro atoms. The van der Waals surface area contributed by atoms with Crippen molar-refractivity contribution in [1.82, 2.24) is 25.2 Å². The standard InChI is InChI=1S/C38H48FN5O10S/c1-5-24-18-38(24,34(48)42-55(51,52)27-14-15-27)41-32(46)31-17-26(53-36(50)43-19-23-7-6-8-29(39)28(23)21-43)20-44(31)33(47)30(40-35(49)54-37(2,3)4)16-13-25(45)12-11-22-9-10-22/h5-8,11,24,26-27,30-31H,1,9-10,12-21H2,2-4H3,(H,40,49)(H,41,46)(H,42,48)/t24-,26-,30+,31+,38-/m1/s1. The van der Waals surface area contributed by atoms with E-state index in [1.807, 2.05) is 6.08 Å². The first-order valence-electron chi connectivity index (χ1n) is 18.6. The lowest BCUT2D eigenvalue weighted by molar-refractivity contribution is -0.141. The fourth-order valence-corrected chi connectivity index (χ4v) is 8.33. The molecule has 4 fully saturated rings. The molecule has 5 aliphatic rings. The summed E-state index contributed by atoms with van der Waals surface area (Å²) < 4.78 is 53.1. The lowest BCUT2D eigenvalue weighted by atomic mass is 10.0. The van der Waals surface area contributed by atoms with E-state index in [-0.39, 0.29) is 57.5 Å². The molecule has 55 heavy (non-hydrogen) atoms. The molecule has 0 aromatic heterocycles. The maximum Gasteiger partial charge on any atom is 0.410 e. The maximum atomic E-state index is 14.4. The number of sulfonamides is 1. The number of hydrogen-bond donors (Lipinski definition) is 3. The minimum Gasteiger partial charge on any atom is -0.444 e. The van der Waals surface area contributed by atoms with Crippen LogP contribution >= 0.6 is 0 Å². The monoisotopic (exact) mass is 785 g/mol. The number of carbonyl (C=O) groups excluding carboxylic acids is 6. The van der Waals surface area contributed by atoms with Gasteiger partial charge in [0.1, 0.15) is 40.9 Å². The molecule has 17 heteroatoms. The maximum absolute atomic E-state index is 14.4. The Labute approximate surface area is 319 Å². The number of rotatable bonds is 14. The van der Waals surface area contributed by atoms with Gasteiger partial charge in [-0.2, -0.15) is 0 Å². The fourth-order valence-electron chi connectivity index (χ4n) is 6.97. The Morgan fingerprint density at radius 2 is 1.84 bits per heavy atom. The van der Waals surface area contributed by atoms with Gasteiger partial charge in [0, 0.05) is 37.3 Å². The molecule has 2 aliphatic heterocycles. The number of halogens is 1. The Bertz CT molecular complexity index is 1920. The number of ether oxygens (including phenoxy) is 2. The third-order valence-corrected chi connectivity index (χ3v) is 12.2. The number of amides is 5. The van der Waals surface area contributed by atoms with Crippen LogP contribution in [0.3, 0.4) is 0 Å². The topological polar surface area (TPSA) is 198 Å². The number of allylic oxidation sites excluding steroid dienone is 2. The predicted octanol–water partition coefficient (Wildman–Crippen LogP) is 3.27. The van der Waals surface area contributed by atoms with Crippen molar-refractivity contribution in [2.24, 2.45) is 5.92 Å². The second kappa shape index (κ2) is 15.4. The van der Waals surface area contributed by atoms with Gasteiger partial charge >= 0.3 is 12.2 Å². The van der Waals surface area contributed by atoms with Crippen LogP contribution in [0, 0.1) is 11.7 Å². The number of nitrogens with zero attached hydrogens (tertiary/aromatic N) is 2. The van der Waals surface area contributed by atoms with Crippen LogP contribution in [0.15, 0.2) is 42.5 Å². The zero-order chi connectivity index (χ0) is 39.9. The van der Waals surface area contributed by atoms with E-state index in [1.165, 1.54) is 28.7 Å². The first-order valence-corrected chi connectivity index (χ1v) is 20.2. The molecule has 6 rings (SSSR count). The van der Waals surface area contributed by atoms with E-state index >= 15 is 0 Å². The van der Waals surface area contributed by atoms with E-state index in [1.54, 1.807) is 26.8 Å². The summed E-state index contributed by atoms with van der Waals surface area (Å²) in [4.78, 5) is 83.6. The van der Waals surface area contributed by atoms with E-state index in [2.05, 4.69) is 21.9 Å². The largest absolute Gasteiger partial charge is 0.444 e. The Hall–Kier alpha value is -4.80. The van der Waals surface area contributed by atoms with Gasteiger partial charge in [0.25, 0.3) is 5.91 Å². The number of hydrogen-bond acceptors (Lipinski definition) is 10. The molecular formula is C38H48FN5O10S. The number of nitrogens with one attached hydrogen (secondary N) is 3. The third-order valence-electron chi connectivity index (χ3n) is 10.4. The number of likely N-dealkylation sites (tertiary alicyclic amines) is 1. The number of Topliss-reactive ketones (excluding diaryl/α,β-unsaturated/α-hetero) is 1. The molecular weight excluding hydrogens is 738 g/mol. The molecule has 1 saturated heterocycles. The second-order valence-corrected chi connectivity index (χ2v) is 18.0. The van der Waals surface area contributed by atoms with Crippen LogP contribution < -0.4 is 15.4 Å². The van der Waals surface area contributed by atoms with Crippen LogP contribution in [0.1, 0.15) is 89.7 Å². The van der Waals surface area contributed by atoms with Crippen LogP contribution in [0.4, 0.5) is 14.0 Å². The SMILES string of the molecule is C=C[C@@H]1C[C@]1(NC(=O)[C@@H]1C[C@@H](OC(=O)N2Cc3cccc(F)c3C2)CN1C(=O)[C@H](CCC(=O)CC=C1CC1)NC(=O)OC(C)(C)C)C(=O)NS(=O)(=O)C1CC1. The molecule has 0 radical (unpaired) electrons. The molecule has 298 valence electrons. The smallest absolute Gasteiger partial charge is 0.410 e. The summed E-state index contributed by atoms with van der Waals surface area (Å²) in [5, 5.41) is 4.52. The number of fused-ring (bicyclic) bond motifs is 1. The summed E-state index contributed by atoms with van der Waals surface area (Å²) in [6.07, 6.45) is 2.99. The highest BCUT2D eigenvalue weighted by molar-refractivity contribution is 7.91. The van der Waals surface area contributed by atoms with Crippen molar-refractivity contribution >= 4 is 45.7 Å². The van der Waals surface area contributed by atoms with E-state index in [4.69, 9.17) is 9.47 Å². The molecule has 0 unspecified atom stereocenters. The van der Waals surface area contributed by atoms with Gasteiger partial charge in [0.15, 0.2) is 0 Å². The van der Waals surface area contributed by atoms with Crippen molar-refractivity contribution in [2.75, 3.05) is 6.54 Å². The van der Waals surface area contributed by atoms with Crippen molar-refractivity contribution in [2.45, 2.75) is 126 Å². The summed E-state index contributed by atoms with van der Waals surface area (Å²) in [6.45, 7) is 8.38. The summed E-state index contributed by atoms with van der Waals surface area (Å²) >= 11 is 0. The van der Waals surface area contributed by atoms with Gasteiger partial charge in [-0.25, -0.2) is 22.4 Å². The molecule has 5 atom stereocenters. The zero-order valence-corrected chi connectivity index (χ0v) is 32.0. The highest BCUT2D eigenvalue weighted by atomic mass is 32.2. The number of carbonyl (C=O) groups is 6. The highest BCUT2D eigenvalue weighted by Crippen LogP contribution is 2.45. The lowest BCUT2D eigenvalue weighted by Crippen LogP contribution is -2.58. The van der Waals surface area contributed by atoms with Crippen LogP contribution in [-0.2, 0) is 51.8 Å². The Morgan fingerprint density at radius 1 is 1.11 bits per heavy atom. The van der Waals surface area contributed by atoms with Crippen molar-refractivity contribution in [3.8, 4) is 0 Å². The van der Waals surface area contributed by atoms with Gasteiger partial charge in [-0.1, -0.05) is 29.9 Å². The van der Waals surface area contributed by atoms with Gasteiger partial charge in [-0.15, -0.1) is 6.58 Å². The predicted molar refractivity (Wildman–Crippen MR) is 195 cm³/mol. The zero-order valence-electron chi connectivity index (χ0n) is 31.2. The van der Waals surface area contributed by atoms with E-state index in [0.29, 0.717) is 24.0 Å². The molecule has 2 heterocycles. The van der Waals surface area contributed by atoms with E-state index in [9.17, 15) is 41.6 Å². The Morgan fingerprint density at radius 3 is 2.45 bits per heavy atom. The molecule has 3 aliphatic carbocycles. The molecule has 1 aromatic rings. The highest BCUT2D eigenvalue weighted by Gasteiger charge is 2.62. The van der Waals surface area contributed by atoms with Gasteiger partial charge in [-0.05, 0) is 70.9 Å². The van der Waals surface area contributed by atoms with E-state index in [0.717, 1.165) is 17.7 Å². The molecule has 1 aromatic carbocycles. The molecule has 15 nitrogen and oxygen atoms in total. The molecule has 3 N–H and O–H groups in total. The average molecular weight is 786 g/mol.